The Morgan fingerprint density at radius 2 is 1.68 bits per heavy atom. The number of likely N-dealkylation sites (N-methyl/N-ethyl adjacent to an activating group) is 1. The molecule has 0 saturated carbocycles. The third-order valence-electron chi connectivity index (χ3n) is 4.67. The van der Waals surface area contributed by atoms with Gasteiger partial charge in [0.15, 0.2) is 0 Å². The summed E-state index contributed by atoms with van der Waals surface area (Å²) in [6.07, 6.45) is 4.10. The average Bonchev–Trinajstić information content (AvgIpc) is 2.76. The van der Waals surface area contributed by atoms with Crippen LogP contribution >= 0.6 is 11.6 Å². The zero-order chi connectivity index (χ0) is 22.3. The van der Waals surface area contributed by atoms with Crippen LogP contribution < -0.4 is 9.46 Å². The summed E-state index contributed by atoms with van der Waals surface area (Å²) in [5.74, 6) is 0.604. The summed E-state index contributed by atoms with van der Waals surface area (Å²) in [7, 11) is -0.174. The van der Waals surface area contributed by atoms with Gasteiger partial charge in [-0.2, -0.15) is 0 Å². The Kier molecular flexibility index (Phi) is 7.74. The maximum Gasteiger partial charge on any atom is 0.261 e. The van der Waals surface area contributed by atoms with Gasteiger partial charge in [-0.25, -0.2) is 8.42 Å². The second kappa shape index (κ2) is 10.5. The first-order valence-electron chi connectivity index (χ1n) is 9.73. The molecule has 0 amide bonds. The van der Waals surface area contributed by atoms with Crippen molar-refractivity contribution in [3.63, 3.8) is 0 Å². The van der Waals surface area contributed by atoms with Crippen LogP contribution in [0.15, 0.2) is 83.8 Å². The molecule has 31 heavy (non-hydrogen) atoms. The van der Waals surface area contributed by atoms with E-state index in [2.05, 4.69) is 15.7 Å². The lowest BCUT2D eigenvalue weighted by Gasteiger charge is -2.18. The molecule has 0 aliphatic rings. The third kappa shape index (κ3) is 6.59. The third-order valence-corrected chi connectivity index (χ3v) is 6.30. The Morgan fingerprint density at radius 1 is 1.00 bits per heavy atom. The van der Waals surface area contributed by atoms with Crippen molar-refractivity contribution in [2.75, 3.05) is 25.4 Å². The van der Waals surface area contributed by atoms with E-state index in [0.717, 1.165) is 11.1 Å². The number of anilines is 1. The van der Waals surface area contributed by atoms with Crippen LogP contribution in [0.3, 0.4) is 0 Å². The molecule has 3 rings (SSSR count). The molecule has 0 fully saturated rings. The maximum absolute atomic E-state index is 12.8. The van der Waals surface area contributed by atoms with Crippen LogP contribution in [0, 0.1) is 0 Å². The molecule has 3 aromatic rings. The number of ether oxygens (including phenoxy) is 1. The predicted molar refractivity (Wildman–Crippen MR) is 127 cm³/mol. The van der Waals surface area contributed by atoms with Crippen LogP contribution in [0.5, 0.6) is 5.75 Å². The molecule has 3 aromatic carbocycles. The topological polar surface area (TPSA) is 58.6 Å². The van der Waals surface area contributed by atoms with Gasteiger partial charge in [-0.15, -0.1) is 0 Å². The van der Waals surface area contributed by atoms with Crippen LogP contribution in [0.2, 0.25) is 5.02 Å². The Labute approximate surface area is 189 Å². The highest BCUT2D eigenvalue weighted by atomic mass is 35.5. The first kappa shape index (κ1) is 22.9. The van der Waals surface area contributed by atoms with E-state index in [1.807, 2.05) is 55.6 Å². The van der Waals surface area contributed by atoms with Crippen molar-refractivity contribution >= 4 is 33.4 Å². The minimum absolute atomic E-state index is 0.183. The van der Waals surface area contributed by atoms with Gasteiger partial charge in [-0.3, -0.25) is 9.62 Å². The molecule has 0 bridgehead atoms. The molecule has 0 spiro atoms. The number of methoxy groups -OCH3 is 1. The van der Waals surface area contributed by atoms with Gasteiger partial charge >= 0.3 is 0 Å². The second-order valence-electron chi connectivity index (χ2n) is 7.09. The molecule has 1 N–H and O–H groups in total. The summed E-state index contributed by atoms with van der Waals surface area (Å²) in [6.45, 7) is 1.30. The molecule has 0 aliphatic carbocycles. The molecular weight excluding hydrogens is 432 g/mol. The first-order valence-corrected chi connectivity index (χ1v) is 11.6. The molecule has 0 saturated heterocycles. The fourth-order valence-corrected chi connectivity index (χ4v) is 4.24. The Bertz CT molecular complexity index is 1130. The number of benzene rings is 3. The fraction of sp³-hybridized carbons (Fsp3) is 0.167. The van der Waals surface area contributed by atoms with Crippen LogP contribution in [0.25, 0.3) is 6.08 Å². The van der Waals surface area contributed by atoms with Crippen molar-refractivity contribution in [3.05, 3.63) is 95.0 Å². The van der Waals surface area contributed by atoms with E-state index < -0.39 is 10.0 Å². The van der Waals surface area contributed by atoms with Crippen molar-refractivity contribution in [2.45, 2.75) is 11.4 Å². The number of para-hydroxylation sites is 1. The Balaban J connectivity index is 1.67. The molecule has 0 unspecified atom stereocenters. The molecule has 7 heteroatoms. The van der Waals surface area contributed by atoms with Gasteiger partial charge < -0.3 is 4.74 Å². The number of sulfonamides is 1. The zero-order valence-electron chi connectivity index (χ0n) is 17.5. The SMILES string of the molecule is COc1ccc(S(=O)(=O)Nc2ccccc2CN(C)C/C=C\c2ccc(Cl)cc2)cc1. The standard InChI is InChI=1S/C24H25ClN2O3S/c1-27(17-5-6-19-9-11-21(25)12-10-19)18-20-7-3-4-8-24(20)26-31(28,29)23-15-13-22(30-2)14-16-23/h3-16,26H,17-18H2,1-2H3/b6-5-. The van der Waals surface area contributed by atoms with E-state index in [4.69, 9.17) is 16.3 Å². The van der Waals surface area contributed by atoms with Crippen LogP contribution in [0.4, 0.5) is 5.69 Å². The van der Waals surface area contributed by atoms with Crippen LogP contribution in [0.1, 0.15) is 11.1 Å². The van der Waals surface area contributed by atoms with Crippen molar-refractivity contribution in [3.8, 4) is 5.75 Å². The van der Waals surface area contributed by atoms with E-state index in [0.29, 0.717) is 29.5 Å². The van der Waals surface area contributed by atoms with Crippen molar-refractivity contribution in [1.29, 1.82) is 0 Å². The van der Waals surface area contributed by atoms with E-state index in [1.54, 1.807) is 25.3 Å². The van der Waals surface area contributed by atoms with Gasteiger partial charge in [0.2, 0.25) is 0 Å². The highest BCUT2D eigenvalue weighted by Gasteiger charge is 2.16. The normalized spacial score (nSPS) is 11.7. The number of hydrogen-bond donors (Lipinski definition) is 1. The highest BCUT2D eigenvalue weighted by Crippen LogP contribution is 2.22. The van der Waals surface area contributed by atoms with Crippen LogP contribution in [-0.4, -0.2) is 34.0 Å². The highest BCUT2D eigenvalue weighted by molar-refractivity contribution is 7.92. The number of nitrogens with one attached hydrogen (secondary N) is 1. The summed E-state index contributed by atoms with van der Waals surface area (Å²) in [6, 6.07) is 21.3. The smallest absolute Gasteiger partial charge is 0.261 e. The molecule has 0 aromatic heterocycles. The summed E-state index contributed by atoms with van der Waals surface area (Å²) >= 11 is 5.91. The van der Waals surface area contributed by atoms with Gasteiger partial charge in [0.1, 0.15) is 5.75 Å². The largest absolute Gasteiger partial charge is 0.497 e. The van der Waals surface area contributed by atoms with Gasteiger partial charge in [-0.05, 0) is 60.6 Å². The average molecular weight is 457 g/mol. The molecule has 0 aliphatic heterocycles. The maximum atomic E-state index is 12.8. The monoisotopic (exact) mass is 456 g/mol. The number of hydrogen-bond acceptors (Lipinski definition) is 4. The van der Waals surface area contributed by atoms with E-state index >= 15 is 0 Å². The van der Waals surface area contributed by atoms with Crippen molar-refractivity contribution in [1.82, 2.24) is 4.90 Å². The molecule has 0 heterocycles. The van der Waals surface area contributed by atoms with Gasteiger partial charge in [0, 0.05) is 18.1 Å². The van der Waals surface area contributed by atoms with E-state index in [1.165, 1.54) is 12.1 Å². The van der Waals surface area contributed by atoms with E-state index in [-0.39, 0.29) is 4.90 Å². The number of rotatable bonds is 9. The second-order valence-corrected chi connectivity index (χ2v) is 9.21. The number of nitrogens with zero attached hydrogens (tertiary/aromatic N) is 1. The molecular formula is C24H25ClN2O3S. The van der Waals surface area contributed by atoms with Crippen molar-refractivity contribution < 1.29 is 13.2 Å². The van der Waals surface area contributed by atoms with Crippen LogP contribution in [-0.2, 0) is 16.6 Å². The lowest BCUT2D eigenvalue weighted by atomic mass is 10.1. The minimum atomic E-state index is -3.70. The van der Waals surface area contributed by atoms with Gasteiger partial charge in [0.05, 0.1) is 17.7 Å². The summed E-state index contributed by atoms with van der Waals surface area (Å²) in [5, 5.41) is 0.711. The lowest BCUT2D eigenvalue weighted by molar-refractivity contribution is 0.364. The first-order chi connectivity index (χ1) is 14.9. The molecule has 0 atom stereocenters. The predicted octanol–water partition coefficient (Wildman–Crippen LogP) is 5.29. The van der Waals surface area contributed by atoms with Gasteiger partial charge in [0.25, 0.3) is 10.0 Å². The summed E-state index contributed by atoms with van der Waals surface area (Å²) < 4.78 is 33.4. The van der Waals surface area contributed by atoms with E-state index in [9.17, 15) is 8.42 Å². The Hall–Kier alpha value is -2.80. The van der Waals surface area contributed by atoms with Gasteiger partial charge in [-0.1, -0.05) is 54.1 Å². The number of halogens is 1. The summed E-state index contributed by atoms with van der Waals surface area (Å²) in [4.78, 5) is 2.29. The zero-order valence-corrected chi connectivity index (χ0v) is 19.0. The summed E-state index contributed by atoms with van der Waals surface area (Å²) in [5.41, 5.74) is 2.53. The van der Waals surface area contributed by atoms with Crippen molar-refractivity contribution in [2.24, 2.45) is 0 Å². The fourth-order valence-electron chi connectivity index (χ4n) is 3.01. The lowest BCUT2D eigenvalue weighted by Crippen LogP contribution is -2.20. The molecule has 0 radical (unpaired) electrons. The molecule has 5 nitrogen and oxygen atoms in total. The molecule has 162 valence electrons. The minimum Gasteiger partial charge on any atom is -0.497 e. The Morgan fingerprint density at radius 3 is 2.35 bits per heavy atom. The quantitative estimate of drug-likeness (QED) is 0.475.